The number of hydrogen-bond acceptors (Lipinski definition) is 3. The van der Waals surface area contributed by atoms with Gasteiger partial charge in [-0.2, -0.15) is 0 Å². The van der Waals surface area contributed by atoms with Crippen molar-refractivity contribution in [3.05, 3.63) is 54.2 Å². The van der Waals surface area contributed by atoms with Crippen LogP contribution in [0.3, 0.4) is 0 Å². The van der Waals surface area contributed by atoms with Gasteiger partial charge in [0.15, 0.2) is 0 Å². The first-order valence-electron chi connectivity index (χ1n) is 6.12. The van der Waals surface area contributed by atoms with E-state index in [1.807, 2.05) is 30.3 Å². The molecule has 0 bridgehead atoms. The van der Waals surface area contributed by atoms with Crippen LogP contribution in [0.25, 0.3) is 0 Å². The van der Waals surface area contributed by atoms with Crippen molar-refractivity contribution in [3.63, 3.8) is 0 Å². The third-order valence-corrected chi connectivity index (χ3v) is 2.72. The van der Waals surface area contributed by atoms with Crippen molar-refractivity contribution >= 4 is 11.6 Å². The fourth-order valence-corrected chi connectivity index (χ4v) is 1.76. The number of carbonyl (C=O) groups is 1. The molecule has 2 rings (SSSR count). The van der Waals surface area contributed by atoms with Crippen LogP contribution in [0.1, 0.15) is 12.0 Å². The van der Waals surface area contributed by atoms with Crippen LogP contribution in [0.4, 0.5) is 5.69 Å². The largest absolute Gasteiger partial charge is 0.480 e. The Morgan fingerprint density at radius 1 is 1.21 bits per heavy atom. The number of anilines is 1. The zero-order valence-electron chi connectivity index (χ0n) is 10.8. The monoisotopic (exact) mass is 256 g/mol. The third-order valence-electron chi connectivity index (χ3n) is 2.72. The van der Waals surface area contributed by atoms with Crippen molar-refractivity contribution < 1.29 is 9.53 Å². The molecule has 0 radical (unpaired) electrons. The molecule has 1 aromatic carbocycles. The van der Waals surface area contributed by atoms with Crippen molar-refractivity contribution in [3.8, 4) is 5.88 Å². The fourth-order valence-electron chi connectivity index (χ4n) is 1.76. The number of aromatic nitrogens is 1. The summed E-state index contributed by atoms with van der Waals surface area (Å²) >= 11 is 0. The quantitative estimate of drug-likeness (QED) is 0.894. The highest BCUT2D eigenvalue weighted by atomic mass is 16.5. The molecule has 1 amide bonds. The summed E-state index contributed by atoms with van der Waals surface area (Å²) in [6.45, 7) is 0. The van der Waals surface area contributed by atoms with Crippen LogP contribution in [-0.2, 0) is 11.2 Å². The van der Waals surface area contributed by atoms with Gasteiger partial charge in [-0.3, -0.25) is 4.79 Å². The number of nitrogens with one attached hydrogen (secondary N) is 1. The molecule has 0 saturated heterocycles. The second kappa shape index (κ2) is 6.54. The van der Waals surface area contributed by atoms with E-state index in [1.165, 1.54) is 7.11 Å². The summed E-state index contributed by atoms with van der Waals surface area (Å²) in [5.74, 6) is 0.380. The Hall–Kier alpha value is -2.36. The van der Waals surface area contributed by atoms with Crippen LogP contribution in [0.2, 0.25) is 0 Å². The number of ether oxygens (including phenoxy) is 1. The Kier molecular flexibility index (Phi) is 4.50. The Balaban J connectivity index is 1.91. The van der Waals surface area contributed by atoms with E-state index < -0.39 is 0 Å². The van der Waals surface area contributed by atoms with Gasteiger partial charge in [0.25, 0.3) is 0 Å². The molecule has 0 atom stereocenters. The average molecular weight is 256 g/mol. The van der Waals surface area contributed by atoms with Crippen LogP contribution < -0.4 is 10.1 Å². The van der Waals surface area contributed by atoms with Crippen molar-refractivity contribution in [1.82, 2.24) is 4.98 Å². The van der Waals surface area contributed by atoms with Gasteiger partial charge >= 0.3 is 0 Å². The van der Waals surface area contributed by atoms with Crippen molar-refractivity contribution in [1.29, 1.82) is 0 Å². The summed E-state index contributed by atoms with van der Waals surface area (Å²) in [6, 6.07) is 13.5. The Bertz CT molecular complexity index is 541. The van der Waals surface area contributed by atoms with E-state index in [-0.39, 0.29) is 5.91 Å². The maximum atomic E-state index is 11.9. The second-order valence-corrected chi connectivity index (χ2v) is 4.09. The molecule has 19 heavy (non-hydrogen) atoms. The minimum absolute atomic E-state index is 0.0462. The Labute approximate surface area is 112 Å². The zero-order chi connectivity index (χ0) is 13.5. The van der Waals surface area contributed by atoms with E-state index in [0.29, 0.717) is 18.0 Å². The number of rotatable bonds is 5. The summed E-state index contributed by atoms with van der Waals surface area (Å²) in [5.41, 5.74) is 1.75. The molecule has 4 nitrogen and oxygen atoms in total. The maximum absolute atomic E-state index is 11.9. The highest BCUT2D eigenvalue weighted by Gasteiger charge is 2.07. The molecule has 2 aromatic rings. The number of benzene rings is 1. The number of nitrogens with zero attached hydrogens (tertiary/aromatic N) is 1. The molecule has 4 heteroatoms. The number of pyridine rings is 1. The summed E-state index contributed by atoms with van der Waals surface area (Å²) in [6.07, 6.45) is 2.77. The van der Waals surface area contributed by atoms with Gasteiger partial charge in [0.05, 0.1) is 7.11 Å². The van der Waals surface area contributed by atoms with Gasteiger partial charge in [-0.25, -0.2) is 4.98 Å². The minimum Gasteiger partial charge on any atom is -0.480 e. The minimum atomic E-state index is -0.0462. The van der Waals surface area contributed by atoms with Crippen LogP contribution >= 0.6 is 0 Å². The molecule has 98 valence electrons. The molecular formula is C15H16N2O2. The molecule has 0 spiro atoms. The van der Waals surface area contributed by atoms with E-state index in [1.54, 1.807) is 18.3 Å². The van der Waals surface area contributed by atoms with Gasteiger partial charge in [0, 0.05) is 12.6 Å². The molecule has 0 unspecified atom stereocenters. The number of aryl methyl sites for hydroxylation is 1. The van der Waals surface area contributed by atoms with E-state index in [2.05, 4.69) is 10.3 Å². The summed E-state index contributed by atoms with van der Waals surface area (Å²) < 4.78 is 5.08. The maximum Gasteiger partial charge on any atom is 0.237 e. The third kappa shape index (κ3) is 3.81. The Morgan fingerprint density at radius 2 is 2.00 bits per heavy atom. The van der Waals surface area contributed by atoms with Crippen molar-refractivity contribution in [2.24, 2.45) is 0 Å². The molecule has 0 aliphatic heterocycles. The number of carbonyl (C=O) groups excluding carboxylic acids is 1. The van der Waals surface area contributed by atoms with Gasteiger partial charge in [-0.05, 0) is 24.1 Å². The van der Waals surface area contributed by atoms with Gasteiger partial charge in [-0.1, -0.05) is 30.3 Å². The van der Waals surface area contributed by atoms with E-state index in [0.717, 1.165) is 12.0 Å². The summed E-state index contributed by atoms with van der Waals surface area (Å²) in [5, 5.41) is 2.81. The summed E-state index contributed by atoms with van der Waals surface area (Å²) in [4.78, 5) is 15.9. The van der Waals surface area contributed by atoms with Gasteiger partial charge in [-0.15, -0.1) is 0 Å². The number of methoxy groups -OCH3 is 1. The molecule has 0 aliphatic rings. The van der Waals surface area contributed by atoms with Gasteiger partial charge in [0.1, 0.15) is 5.69 Å². The lowest BCUT2D eigenvalue weighted by molar-refractivity contribution is -0.116. The van der Waals surface area contributed by atoms with Crippen LogP contribution in [0, 0.1) is 0 Å². The van der Waals surface area contributed by atoms with Gasteiger partial charge < -0.3 is 10.1 Å². The topological polar surface area (TPSA) is 51.2 Å². The normalized spacial score (nSPS) is 9.95. The average Bonchev–Trinajstić information content (AvgIpc) is 2.47. The predicted octanol–water partition coefficient (Wildman–Crippen LogP) is 2.66. The fraction of sp³-hybridized carbons (Fsp3) is 0.200. The highest BCUT2D eigenvalue weighted by molar-refractivity contribution is 5.91. The summed E-state index contributed by atoms with van der Waals surface area (Å²) in [7, 11) is 1.53. The molecule has 1 N–H and O–H groups in total. The highest BCUT2D eigenvalue weighted by Crippen LogP contribution is 2.20. The second-order valence-electron chi connectivity index (χ2n) is 4.09. The van der Waals surface area contributed by atoms with Crippen LogP contribution in [-0.4, -0.2) is 18.0 Å². The lowest BCUT2D eigenvalue weighted by Crippen LogP contribution is -2.13. The number of hydrogen-bond donors (Lipinski definition) is 1. The SMILES string of the molecule is COc1ncccc1NC(=O)CCc1ccccc1. The first-order valence-corrected chi connectivity index (χ1v) is 6.12. The van der Waals surface area contributed by atoms with Crippen LogP contribution in [0.5, 0.6) is 5.88 Å². The zero-order valence-corrected chi connectivity index (χ0v) is 10.8. The molecule has 1 aromatic heterocycles. The lowest BCUT2D eigenvalue weighted by atomic mass is 10.1. The Morgan fingerprint density at radius 3 is 2.74 bits per heavy atom. The molecule has 0 saturated carbocycles. The van der Waals surface area contributed by atoms with Gasteiger partial charge in [0.2, 0.25) is 11.8 Å². The number of amides is 1. The lowest BCUT2D eigenvalue weighted by Gasteiger charge is -2.08. The molecular weight excluding hydrogens is 240 g/mol. The van der Waals surface area contributed by atoms with Crippen LogP contribution in [0.15, 0.2) is 48.7 Å². The van der Waals surface area contributed by atoms with Crippen molar-refractivity contribution in [2.75, 3.05) is 12.4 Å². The van der Waals surface area contributed by atoms with E-state index >= 15 is 0 Å². The standard InChI is InChI=1S/C15H16N2O2/c1-19-15-13(8-5-11-16-15)17-14(18)10-9-12-6-3-2-4-7-12/h2-8,11H,9-10H2,1H3,(H,17,18). The first kappa shape index (κ1) is 13.1. The molecule has 0 fully saturated rings. The van der Waals surface area contributed by atoms with Crippen molar-refractivity contribution in [2.45, 2.75) is 12.8 Å². The molecule has 1 heterocycles. The molecule has 0 aliphatic carbocycles. The van der Waals surface area contributed by atoms with E-state index in [9.17, 15) is 4.79 Å². The smallest absolute Gasteiger partial charge is 0.237 e. The predicted molar refractivity (Wildman–Crippen MR) is 74.2 cm³/mol. The first-order chi connectivity index (χ1) is 9.29. The van der Waals surface area contributed by atoms with E-state index in [4.69, 9.17) is 4.74 Å².